The van der Waals surface area contributed by atoms with Crippen molar-refractivity contribution < 1.29 is 23.0 Å². The maximum Gasteiger partial charge on any atom is 0.422 e. The second-order valence-electron chi connectivity index (χ2n) is 4.57. The van der Waals surface area contributed by atoms with Gasteiger partial charge in [0.2, 0.25) is 0 Å². The van der Waals surface area contributed by atoms with Crippen molar-refractivity contribution in [2.24, 2.45) is 0 Å². The zero-order chi connectivity index (χ0) is 17.5. The first kappa shape index (κ1) is 17.6. The van der Waals surface area contributed by atoms with E-state index in [0.29, 0.717) is 11.3 Å². The molecule has 0 aliphatic rings. The van der Waals surface area contributed by atoms with E-state index in [4.69, 9.17) is 14.0 Å². The van der Waals surface area contributed by atoms with Gasteiger partial charge in [0.15, 0.2) is 17.5 Å². The molecular formula is C14H16N4O5S. The molecular weight excluding hydrogens is 336 g/mol. The van der Waals surface area contributed by atoms with Crippen LogP contribution < -0.4 is 9.46 Å². The van der Waals surface area contributed by atoms with Gasteiger partial charge in [0, 0.05) is 19.7 Å². The van der Waals surface area contributed by atoms with Gasteiger partial charge in [0.05, 0.1) is 18.9 Å². The smallest absolute Gasteiger partial charge is 0.422 e. The zero-order valence-corrected chi connectivity index (χ0v) is 14.1. The van der Waals surface area contributed by atoms with Crippen molar-refractivity contribution in [2.45, 2.75) is 0 Å². The standard InChI is InChI=1S/C14H16N4O5S/c1-18(2)24(20)17-13(19)11(8-21-3)10-6-4-5-7-12(10)22-14-15-9-16-23-14/h4-9H,1-3H3,(H,17,19)/b11-8+. The molecule has 0 spiro atoms. The van der Waals surface area contributed by atoms with E-state index in [-0.39, 0.29) is 11.6 Å². The van der Waals surface area contributed by atoms with E-state index in [1.807, 2.05) is 0 Å². The molecule has 10 heteroatoms. The van der Waals surface area contributed by atoms with E-state index < -0.39 is 17.1 Å². The van der Waals surface area contributed by atoms with Crippen molar-refractivity contribution in [3.8, 4) is 11.8 Å². The number of carbonyl (C=O) groups excluding carboxylic acids is 1. The zero-order valence-electron chi connectivity index (χ0n) is 13.3. The number of hydrogen-bond acceptors (Lipinski definition) is 7. The molecule has 1 aromatic heterocycles. The van der Waals surface area contributed by atoms with Crippen LogP contribution in [0.4, 0.5) is 0 Å². The summed E-state index contributed by atoms with van der Waals surface area (Å²) in [4.78, 5) is 16.2. The number of amides is 1. The maximum absolute atomic E-state index is 12.4. The monoisotopic (exact) mass is 352 g/mol. The molecule has 0 radical (unpaired) electrons. The van der Waals surface area contributed by atoms with Crippen LogP contribution in [0.3, 0.4) is 0 Å². The average Bonchev–Trinajstić information content (AvgIpc) is 3.06. The van der Waals surface area contributed by atoms with Crippen LogP contribution in [0.5, 0.6) is 11.8 Å². The number of hydrogen-bond donors (Lipinski definition) is 1. The Hall–Kier alpha value is -2.72. The maximum atomic E-state index is 12.4. The molecule has 1 atom stereocenters. The highest BCUT2D eigenvalue weighted by molar-refractivity contribution is 7.81. The van der Waals surface area contributed by atoms with Crippen LogP contribution in [-0.2, 0) is 20.7 Å². The van der Waals surface area contributed by atoms with Crippen molar-refractivity contribution >= 4 is 22.7 Å². The van der Waals surface area contributed by atoms with Gasteiger partial charge in [0.25, 0.3) is 5.91 Å². The summed E-state index contributed by atoms with van der Waals surface area (Å²) in [6, 6.07) is 6.71. The SMILES string of the molecule is CO/C=C(/C(=O)NS(=O)N(C)C)c1ccccc1Oc1ncno1. The Morgan fingerprint density at radius 2 is 2.12 bits per heavy atom. The lowest BCUT2D eigenvalue weighted by Gasteiger charge is -2.14. The Balaban J connectivity index is 2.33. The molecule has 1 aromatic carbocycles. The molecule has 0 fully saturated rings. The quantitative estimate of drug-likeness (QED) is 0.587. The molecule has 2 rings (SSSR count). The van der Waals surface area contributed by atoms with Crippen LogP contribution in [0.25, 0.3) is 5.57 Å². The molecule has 0 aliphatic carbocycles. The average molecular weight is 352 g/mol. The molecule has 0 saturated carbocycles. The first-order valence-electron chi connectivity index (χ1n) is 6.70. The number of methoxy groups -OCH3 is 1. The third kappa shape index (κ3) is 4.40. The normalized spacial score (nSPS) is 12.8. The first-order chi connectivity index (χ1) is 11.5. The number of para-hydroxylation sites is 1. The summed E-state index contributed by atoms with van der Waals surface area (Å²) in [5.74, 6) is -0.290. The molecule has 9 nitrogen and oxygen atoms in total. The summed E-state index contributed by atoms with van der Waals surface area (Å²) >= 11 is -1.68. The molecule has 1 unspecified atom stereocenters. The molecule has 1 heterocycles. The Morgan fingerprint density at radius 1 is 1.38 bits per heavy atom. The van der Waals surface area contributed by atoms with Gasteiger partial charge < -0.3 is 9.47 Å². The van der Waals surface area contributed by atoms with Gasteiger partial charge in [-0.2, -0.15) is 4.98 Å². The number of carbonyl (C=O) groups is 1. The minimum Gasteiger partial charge on any atom is -0.504 e. The Kier molecular flexibility index (Phi) is 6.04. The lowest BCUT2D eigenvalue weighted by molar-refractivity contribution is -0.114. The van der Waals surface area contributed by atoms with Crippen molar-refractivity contribution in [2.75, 3.05) is 21.2 Å². The highest BCUT2D eigenvalue weighted by Crippen LogP contribution is 2.29. The van der Waals surface area contributed by atoms with Gasteiger partial charge >= 0.3 is 6.08 Å². The fourth-order valence-electron chi connectivity index (χ4n) is 1.66. The topological polar surface area (TPSA) is 107 Å². The summed E-state index contributed by atoms with van der Waals surface area (Å²) in [6.45, 7) is 0. The fraction of sp³-hybridized carbons (Fsp3) is 0.214. The van der Waals surface area contributed by atoms with Crippen LogP contribution in [-0.4, -0.2) is 45.8 Å². The number of nitrogens with one attached hydrogen (secondary N) is 1. The number of nitrogens with zero attached hydrogens (tertiary/aromatic N) is 3. The summed E-state index contributed by atoms with van der Waals surface area (Å²) in [6.07, 6.45) is 2.35. The fourth-order valence-corrected chi connectivity index (χ4v) is 2.11. The summed E-state index contributed by atoms with van der Waals surface area (Å²) < 4.78 is 30.8. The summed E-state index contributed by atoms with van der Waals surface area (Å²) in [5.41, 5.74) is 0.536. The molecule has 1 N–H and O–H groups in total. The number of benzene rings is 1. The highest BCUT2D eigenvalue weighted by atomic mass is 32.2. The number of ether oxygens (including phenoxy) is 2. The van der Waals surface area contributed by atoms with E-state index >= 15 is 0 Å². The van der Waals surface area contributed by atoms with Gasteiger partial charge in [-0.1, -0.05) is 23.4 Å². The molecule has 24 heavy (non-hydrogen) atoms. The molecule has 0 aliphatic heterocycles. The summed E-state index contributed by atoms with van der Waals surface area (Å²) in [5, 5.41) is 3.45. The molecule has 1 amide bonds. The van der Waals surface area contributed by atoms with Crippen LogP contribution in [0.15, 0.2) is 41.4 Å². The third-order valence-electron chi connectivity index (χ3n) is 2.71. The highest BCUT2D eigenvalue weighted by Gasteiger charge is 2.20. The van der Waals surface area contributed by atoms with Gasteiger partial charge in [-0.25, -0.2) is 8.51 Å². The van der Waals surface area contributed by atoms with Crippen molar-refractivity contribution in [1.82, 2.24) is 19.2 Å². The minimum absolute atomic E-state index is 0.0727. The van der Waals surface area contributed by atoms with Crippen molar-refractivity contribution in [3.63, 3.8) is 0 Å². The predicted octanol–water partition coefficient (Wildman–Crippen LogP) is 1.11. The van der Waals surface area contributed by atoms with E-state index in [1.165, 1.54) is 24.0 Å². The molecule has 0 saturated heterocycles. The molecule has 128 valence electrons. The summed E-state index contributed by atoms with van der Waals surface area (Å²) in [7, 11) is 4.54. The Labute approximate surface area is 141 Å². The van der Waals surface area contributed by atoms with E-state index in [1.54, 1.807) is 38.4 Å². The van der Waals surface area contributed by atoms with Crippen LogP contribution in [0, 0.1) is 0 Å². The van der Waals surface area contributed by atoms with Gasteiger partial charge in [0.1, 0.15) is 5.75 Å². The largest absolute Gasteiger partial charge is 0.504 e. The number of aromatic nitrogens is 2. The molecule has 2 aromatic rings. The molecule has 0 bridgehead atoms. The van der Waals surface area contributed by atoms with Gasteiger partial charge in [-0.05, 0) is 6.07 Å². The van der Waals surface area contributed by atoms with Crippen LogP contribution in [0.2, 0.25) is 0 Å². The second kappa shape index (κ2) is 8.22. The van der Waals surface area contributed by atoms with Crippen molar-refractivity contribution in [3.05, 3.63) is 42.4 Å². The van der Waals surface area contributed by atoms with E-state index in [2.05, 4.69) is 14.9 Å². The van der Waals surface area contributed by atoms with E-state index in [0.717, 1.165) is 0 Å². The third-order valence-corrected chi connectivity index (χ3v) is 3.73. The van der Waals surface area contributed by atoms with Crippen molar-refractivity contribution in [1.29, 1.82) is 0 Å². The van der Waals surface area contributed by atoms with E-state index in [9.17, 15) is 9.00 Å². The number of rotatable bonds is 7. The Morgan fingerprint density at radius 3 is 2.75 bits per heavy atom. The lowest BCUT2D eigenvalue weighted by Crippen LogP contribution is -2.34. The second-order valence-corrected chi connectivity index (χ2v) is 6.00. The lowest BCUT2D eigenvalue weighted by atomic mass is 10.1. The minimum atomic E-state index is -1.68. The van der Waals surface area contributed by atoms with Crippen LogP contribution >= 0.6 is 0 Å². The first-order valence-corrected chi connectivity index (χ1v) is 7.80. The van der Waals surface area contributed by atoms with Gasteiger partial charge in [-0.15, -0.1) is 0 Å². The van der Waals surface area contributed by atoms with Gasteiger partial charge in [-0.3, -0.25) is 14.0 Å². The Bertz CT molecular complexity index is 745. The van der Waals surface area contributed by atoms with Crippen LogP contribution in [0.1, 0.15) is 5.56 Å². The predicted molar refractivity (Wildman–Crippen MR) is 85.8 cm³/mol.